The van der Waals surface area contributed by atoms with E-state index < -0.39 is 12.0 Å². The molecule has 3 nitrogen and oxygen atoms in total. The van der Waals surface area contributed by atoms with E-state index in [1.54, 1.807) is 0 Å². The summed E-state index contributed by atoms with van der Waals surface area (Å²) in [5.74, 6) is -0.848. The quantitative estimate of drug-likeness (QED) is 0.740. The third kappa shape index (κ3) is 3.69. The van der Waals surface area contributed by atoms with E-state index in [0.29, 0.717) is 6.42 Å². The van der Waals surface area contributed by atoms with Crippen LogP contribution in [0.1, 0.15) is 11.1 Å². The zero-order valence-corrected chi connectivity index (χ0v) is 13.0. The number of hydrogen-bond donors (Lipinski definition) is 2. The summed E-state index contributed by atoms with van der Waals surface area (Å²) < 4.78 is 0. The van der Waals surface area contributed by atoms with Crippen molar-refractivity contribution >= 4 is 22.4 Å². The Morgan fingerprint density at radius 3 is 2.52 bits per heavy atom. The molecule has 3 aromatic carbocycles. The maximum absolute atomic E-state index is 11.6. The lowest BCUT2D eigenvalue weighted by Crippen LogP contribution is -2.31. The highest BCUT2D eigenvalue weighted by atomic mass is 16.4. The minimum absolute atomic E-state index is 0.439. The molecule has 1 atom stereocenters. The molecule has 0 amide bonds. The molecule has 0 aromatic heterocycles. The van der Waals surface area contributed by atoms with Crippen LogP contribution >= 0.6 is 0 Å². The van der Waals surface area contributed by atoms with Gasteiger partial charge in [-0.25, -0.2) is 4.79 Å². The first kappa shape index (κ1) is 15.1. The molecule has 3 rings (SSSR count). The molecule has 0 heterocycles. The van der Waals surface area contributed by atoms with Crippen molar-refractivity contribution in [2.45, 2.75) is 19.4 Å². The van der Waals surface area contributed by atoms with Crippen LogP contribution in [0, 0.1) is 6.92 Å². The highest BCUT2D eigenvalue weighted by Gasteiger charge is 2.18. The SMILES string of the molecule is Cc1cccc(NC(Cc2ccc3ccccc3c2)C(=O)O)c1. The van der Waals surface area contributed by atoms with Gasteiger partial charge in [-0.2, -0.15) is 0 Å². The number of fused-ring (bicyclic) bond motifs is 1. The minimum Gasteiger partial charge on any atom is -0.480 e. The molecule has 0 aliphatic heterocycles. The Morgan fingerprint density at radius 2 is 1.78 bits per heavy atom. The number of carboxylic acids is 1. The van der Waals surface area contributed by atoms with E-state index in [2.05, 4.69) is 17.4 Å². The molecule has 116 valence electrons. The summed E-state index contributed by atoms with van der Waals surface area (Å²) in [7, 11) is 0. The summed E-state index contributed by atoms with van der Waals surface area (Å²) in [5, 5.41) is 14.9. The second-order valence-electron chi connectivity index (χ2n) is 5.79. The van der Waals surface area contributed by atoms with Gasteiger partial charge in [0.05, 0.1) is 0 Å². The fourth-order valence-electron chi connectivity index (χ4n) is 2.74. The Hall–Kier alpha value is -2.81. The fourth-order valence-corrected chi connectivity index (χ4v) is 2.74. The number of carboxylic acid groups (broad SMARTS) is 1. The molecule has 1 unspecified atom stereocenters. The van der Waals surface area contributed by atoms with Crippen molar-refractivity contribution in [3.05, 3.63) is 77.9 Å². The molecule has 2 N–H and O–H groups in total. The number of hydrogen-bond acceptors (Lipinski definition) is 2. The molecule has 0 aliphatic carbocycles. The first-order valence-electron chi connectivity index (χ1n) is 7.65. The molecule has 0 aliphatic rings. The predicted molar refractivity (Wildman–Crippen MR) is 93.9 cm³/mol. The molecular weight excluding hydrogens is 286 g/mol. The Kier molecular flexibility index (Phi) is 4.29. The summed E-state index contributed by atoms with van der Waals surface area (Å²) >= 11 is 0. The van der Waals surface area contributed by atoms with E-state index in [9.17, 15) is 9.90 Å². The van der Waals surface area contributed by atoms with Gasteiger partial charge in [-0.1, -0.05) is 54.6 Å². The van der Waals surface area contributed by atoms with Gasteiger partial charge in [0.25, 0.3) is 0 Å². The third-order valence-corrected chi connectivity index (χ3v) is 3.91. The first-order chi connectivity index (χ1) is 11.1. The average Bonchev–Trinajstić information content (AvgIpc) is 2.54. The van der Waals surface area contributed by atoms with Gasteiger partial charge < -0.3 is 10.4 Å². The van der Waals surface area contributed by atoms with Gasteiger partial charge in [-0.15, -0.1) is 0 Å². The van der Waals surface area contributed by atoms with Gasteiger partial charge in [0, 0.05) is 12.1 Å². The van der Waals surface area contributed by atoms with Crippen LogP contribution in [0.3, 0.4) is 0 Å². The highest BCUT2D eigenvalue weighted by Crippen LogP contribution is 2.18. The van der Waals surface area contributed by atoms with Crippen LogP contribution in [0.15, 0.2) is 66.7 Å². The van der Waals surface area contributed by atoms with E-state index in [0.717, 1.165) is 27.6 Å². The monoisotopic (exact) mass is 305 g/mol. The molecular formula is C20H19NO2. The van der Waals surface area contributed by atoms with Gasteiger partial charge in [-0.05, 0) is 41.0 Å². The summed E-state index contributed by atoms with van der Waals surface area (Å²) in [6.45, 7) is 1.99. The van der Waals surface area contributed by atoms with Crippen molar-refractivity contribution in [3.63, 3.8) is 0 Å². The van der Waals surface area contributed by atoms with Crippen molar-refractivity contribution in [3.8, 4) is 0 Å². The topological polar surface area (TPSA) is 49.3 Å². The van der Waals surface area contributed by atoms with Crippen LogP contribution in [-0.2, 0) is 11.2 Å². The van der Waals surface area contributed by atoms with Gasteiger partial charge >= 0.3 is 5.97 Å². The zero-order valence-electron chi connectivity index (χ0n) is 13.0. The molecule has 0 saturated carbocycles. The van der Waals surface area contributed by atoms with E-state index >= 15 is 0 Å². The molecule has 3 heteroatoms. The number of nitrogens with one attached hydrogen (secondary N) is 1. The van der Waals surface area contributed by atoms with Gasteiger partial charge in [0.15, 0.2) is 0 Å². The molecule has 0 fully saturated rings. The molecule has 23 heavy (non-hydrogen) atoms. The van der Waals surface area contributed by atoms with E-state index in [1.807, 2.05) is 61.5 Å². The number of rotatable bonds is 5. The molecule has 0 spiro atoms. The van der Waals surface area contributed by atoms with Crippen LogP contribution < -0.4 is 5.32 Å². The second-order valence-corrected chi connectivity index (χ2v) is 5.79. The summed E-state index contributed by atoms with van der Waals surface area (Å²) in [4.78, 5) is 11.6. The Morgan fingerprint density at radius 1 is 1.00 bits per heavy atom. The molecule has 0 radical (unpaired) electrons. The summed E-state index contributed by atoms with van der Waals surface area (Å²) in [6.07, 6.45) is 0.439. The van der Waals surface area contributed by atoms with Gasteiger partial charge in [-0.3, -0.25) is 0 Å². The largest absolute Gasteiger partial charge is 0.480 e. The number of anilines is 1. The van der Waals surface area contributed by atoms with Crippen molar-refractivity contribution in [1.29, 1.82) is 0 Å². The lowest BCUT2D eigenvalue weighted by atomic mass is 10.0. The van der Waals surface area contributed by atoms with Gasteiger partial charge in [0.2, 0.25) is 0 Å². The maximum Gasteiger partial charge on any atom is 0.326 e. The Balaban J connectivity index is 1.82. The van der Waals surface area contributed by atoms with Gasteiger partial charge in [0.1, 0.15) is 6.04 Å². The number of aliphatic carboxylic acids is 1. The Bertz CT molecular complexity index is 842. The maximum atomic E-state index is 11.6. The van der Waals surface area contributed by atoms with Crippen molar-refractivity contribution in [1.82, 2.24) is 0 Å². The zero-order chi connectivity index (χ0) is 16.2. The van der Waals surface area contributed by atoms with Crippen LogP contribution in [0.25, 0.3) is 10.8 Å². The van der Waals surface area contributed by atoms with Crippen molar-refractivity contribution in [2.75, 3.05) is 5.32 Å². The number of carbonyl (C=O) groups is 1. The fraction of sp³-hybridized carbons (Fsp3) is 0.150. The highest BCUT2D eigenvalue weighted by molar-refractivity contribution is 5.83. The number of aryl methyl sites for hydroxylation is 1. The summed E-state index contributed by atoms with van der Waals surface area (Å²) in [5.41, 5.74) is 2.94. The smallest absolute Gasteiger partial charge is 0.326 e. The number of benzene rings is 3. The van der Waals surface area contributed by atoms with Crippen LogP contribution in [0.5, 0.6) is 0 Å². The molecule has 0 bridgehead atoms. The van der Waals surface area contributed by atoms with E-state index in [1.165, 1.54) is 0 Å². The standard InChI is InChI=1S/C20H19NO2/c1-14-5-4-8-18(11-14)21-19(20(22)23)13-15-9-10-16-6-2-3-7-17(16)12-15/h2-12,19,21H,13H2,1H3,(H,22,23). The van der Waals surface area contributed by atoms with Crippen molar-refractivity contribution < 1.29 is 9.90 Å². The first-order valence-corrected chi connectivity index (χ1v) is 7.65. The van der Waals surface area contributed by atoms with Crippen LogP contribution in [-0.4, -0.2) is 17.1 Å². The lowest BCUT2D eigenvalue weighted by molar-refractivity contribution is -0.137. The third-order valence-electron chi connectivity index (χ3n) is 3.91. The second kappa shape index (κ2) is 6.53. The summed E-state index contributed by atoms with van der Waals surface area (Å²) in [6, 6.07) is 21.3. The normalized spacial score (nSPS) is 12.0. The minimum atomic E-state index is -0.848. The predicted octanol–water partition coefficient (Wildman–Crippen LogP) is 4.26. The van der Waals surface area contributed by atoms with Crippen molar-refractivity contribution in [2.24, 2.45) is 0 Å². The van der Waals surface area contributed by atoms with Crippen LogP contribution in [0.2, 0.25) is 0 Å². The van der Waals surface area contributed by atoms with Crippen LogP contribution in [0.4, 0.5) is 5.69 Å². The van der Waals surface area contributed by atoms with E-state index in [-0.39, 0.29) is 0 Å². The molecule has 0 saturated heterocycles. The lowest BCUT2D eigenvalue weighted by Gasteiger charge is -2.16. The average molecular weight is 305 g/mol. The van der Waals surface area contributed by atoms with E-state index in [4.69, 9.17) is 0 Å². The molecule has 3 aromatic rings. The Labute approximate surface area is 135 Å².